The van der Waals surface area contributed by atoms with Gasteiger partial charge in [-0.1, -0.05) is 26.0 Å². The molecule has 0 bridgehead atoms. The summed E-state index contributed by atoms with van der Waals surface area (Å²) in [5.74, 6) is -0.166. The summed E-state index contributed by atoms with van der Waals surface area (Å²) in [5.41, 5.74) is 2.62. The molecule has 0 aliphatic rings. The fourth-order valence-corrected chi connectivity index (χ4v) is 2.43. The van der Waals surface area contributed by atoms with Gasteiger partial charge in [-0.05, 0) is 37.6 Å². The van der Waals surface area contributed by atoms with E-state index in [1.54, 1.807) is 12.3 Å². The van der Waals surface area contributed by atoms with Crippen molar-refractivity contribution in [1.82, 2.24) is 15.1 Å². The van der Waals surface area contributed by atoms with E-state index in [1.165, 1.54) is 0 Å². The van der Waals surface area contributed by atoms with Crippen LogP contribution in [0.1, 0.15) is 43.1 Å². The number of hydrogen-bond acceptors (Lipinski definition) is 2. The van der Waals surface area contributed by atoms with E-state index in [9.17, 15) is 4.39 Å². The largest absolute Gasteiger partial charge is 0.305 e. The van der Waals surface area contributed by atoms with Crippen LogP contribution in [0.2, 0.25) is 0 Å². The lowest BCUT2D eigenvalue weighted by Gasteiger charge is -2.20. The Morgan fingerprint density at radius 1 is 1.30 bits per heavy atom. The van der Waals surface area contributed by atoms with Crippen molar-refractivity contribution in [3.63, 3.8) is 0 Å². The first-order valence-electron chi connectivity index (χ1n) is 7.18. The van der Waals surface area contributed by atoms with Crippen molar-refractivity contribution in [1.29, 1.82) is 0 Å². The van der Waals surface area contributed by atoms with Crippen molar-refractivity contribution in [2.75, 3.05) is 6.54 Å². The zero-order valence-electron chi connectivity index (χ0n) is 12.4. The second-order valence-corrected chi connectivity index (χ2v) is 4.99. The van der Waals surface area contributed by atoms with Crippen molar-refractivity contribution in [3.8, 4) is 0 Å². The van der Waals surface area contributed by atoms with Gasteiger partial charge in [0.05, 0.1) is 11.7 Å². The summed E-state index contributed by atoms with van der Waals surface area (Å²) in [4.78, 5) is 0. The van der Waals surface area contributed by atoms with E-state index in [0.29, 0.717) is 5.56 Å². The lowest BCUT2D eigenvalue weighted by molar-refractivity contribution is 0.501. The van der Waals surface area contributed by atoms with Crippen LogP contribution in [-0.4, -0.2) is 16.3 Å². The Morgan fingerprint density at radius 2 is 2.10 bits per heavy atom. The third-order valence-corrected chi connectivity index (χ3v) is 3.36. The van der Waals surface area contributed by atoms with E-state index in [4.69, 9.17) is 0 Å². The van der Waals surface area contributed by atoms with Gasteiger partial charge in [0.25, 0.3) is 0 Å². The van der Waals surface area contributed by atoms with Gasteiger partial charge in [0, 0.05) is 18.3 Å². The fourth-order valence-electron chi connectivity index (χ4n) is 2.43. The number of aromatic nitrogens is 2. The smallest absolute Gasteiger partial charge is 0.128 e. The first-order valence-corrected chi connectivity index (χ1v) is 7.18. The molecule has 1 N–H and O–H groups in total. The molecule has 1 atom stereocenters. The number of halogens is 1. The van der Waals surface area contributed by atoms with Crippen LogP contribution in [0.3, 0.4) is 0 Å². The van der Waals surface area contributed by atoms with Crippen LogP contribution in [0.15, 0.2) is 30.5 Å². The summed E-state index contributed by atoms with van der Waals surface area (Å²) in [5, 5.41) is 7.70. The normalized spacial score (nSPS) is 12.6. The highest BCUT2D eigenvalue weighted by Gasteiger charge is 2.20. The topological polar surface area (TPSA) is 29.9 Å². The fraction of sp³-hybridized carbons (Fsp3) is 0.438. The minimum atomic E-state index is -0.166. The van der Waals surface area contributed by atoms with Gasteiger partial charge in [0.2, 0.25) is 0 Å². The van der Waals surface area contributed by atoms with Crippen LogP contribution in [-0.2, 0) is 6.54 Å². The highest BCUT2D eigenvalue weighted by Crippen LogP contribution is 2.25. The van der Waals surface area contributed by atoms with Gasteiger partial charge in [-0.3, -0.25) is 4.68 Å². The van der Waals surface area contributed by atoms with Crippen LogP contribution in [0.5, 0.6) is 0 Å². The van der Waals surface area contributed by atoms with E-state index in [1.807, 2.05) is 36.7 Å². The first-order chi connectivity index (χ1) is 9.67. The molecule has 1 aromatic carbocycles. The molecule has 0 saturated carbocycles. The van der Waals surface area contributed by atoms with E-state index in [-0.39, 0.29) is 11.9 Å². The Hall–Kier alpha value is -1.68. The number of aryl methyl sites for hydroxylation is 2. The lowest BCUT2D eigenvalue weighted by atomic mass is 10.0. The quantitative estimate of drug-likeness (QED) is 0.875. The van der Waals surface area contributed by atoms with Gasteiger partial charge in [0.15, 0.2) is 0 Å². The predicted molar refractivity (Wildman–Crippen MR) is 79.2 cm³/mol. The molecule has 2 aromatic rings. The lowest BCUT2D eigenvalue weighted by Crippen LogP contribution is -2.26. The van der Waals surface area contributed by atoms with Gasteiger partial charge in [-0.2, -0.15) is 5.10 Å². The SMILES string of the molecule is CCCn1nccc1C(NCC)c1ccc(C)cc1F. The molecule has 108 valence electrons. The Balaban J connectivity index is 2.42. The highest BCUT2D eigenvalue weighted by atomic mass is 19.1. The van der Waals surface area contributed by atoms with E-state index in [2.05, 4.69) is 17.3 Å². The van der Waals surface area contributed by atoms with Crippen LogP contribution in [0.25, 0.3) is 0 Å². The Morgan fingerprint density at radius 3 is 2.75 bits per heavy atom. The molecule has 0 aliphatic carbocycles. The number of rotatable bonds is 6. The third-order valence-electron chi connectivity index (χ3n) is 3.36. The number of nitrogens with zero attached hydrogens (tertiary/aromatic N) is 2. The van der Waals surface area contributed by atoms with Crippen molar-refractivity contribution >= 4 is 0 Å². The maximum Gasteiger partial charge on any atom is 0.128 e. The van der Waals surface area contributed by atoms with Gasteiger partial charge < -0.3 is 5.32 Å². The monoisotopic (exact) mass is 275 g/mol. The zero-order valence-corrected chi connectivity index (χ0v) is 12.4. The average molecular weight is 275 g/mol. The molecule has 20 heavy (non-hydrogen) atoms. The molecule has 2 rings (SSSR count). The van der Waals surface area contributed by atoms with Crippen molar-refractivity contribution < 1.29 is 4.39 Å². The summed E-state index contributed by atoms with van der Waals surface area (Å²) in [6.07, 6.45) is 2.78. The van der Waals surface area contributed by atoms with Crippen molar-refractivity contribution in [2.45, 2.75) is 39.8 Å². The number of nitrogens with one attached hydrogen (secondary N) is 1. The molecule has 4 heteroatoms. The molecule has 3 nitrogen and oxygen atoms in total. The van der Waals surface area contributed by atoms with Crippen molar-refractivity contribution in [2.24, 2.45) is 0 Å². The van der Waals surface area contributed by atoms with E-state index < -0.39 is 0 Å². The Bertz CT molecular complexity index is 563. The summed E-state index contributed by atoms with van der Waals surface area (Å²) in [7, 11) is 0. The third kappa shape index (κ3) is 3.07. The standard InChI is InChI=1S/C16H22FN3/c1-4-10-20-15(8-9-19-20)16(18-5-2)13-7-6-12(3)11-14(13)17/h6-9,11,16,18H,4-5,10H2,1-3H3. The van der Waals surface area contributed by atoms with E-state index in [0.717, 1.165) is 30.8 Å². The maximum atomic E-state index is 14.3. The summed E-state index contributed by atoms with van der Waals surface area (Å²) >= 11 is 0. The van der Waals surface area contributed by atoms with Gasteiger partial charge >= 0.3 is 0 Å². The summed E-state index contributed by atoms with van der Waals surface area (Å²) < 4.78 is 16.2. The maximum absolute atomic E-state index is 14.3. The highest BCUT2D eigenvalue weighted by molar-refractivity contribution is 5.31. The Kier molecular flexibility index (Phi) is 4.90. The average Bonchev–Trinajstić information content (AvgIpc) is 2.85. The number of hydrogen-bond donors (Lipinski definition) is 1. The summed E-state index contributed by atoms with van der Waals surface area (Å²) in [6, 6.07) is 7.20. The predicted octanol–water partition coefficient (Wildman–Crippen LogP) is 3.44. The molecule has 1 heterocycles. The second-order valence-electron chi connectivity index (χ2n) is 4.99. The first kappa shape index (κ1) is 14.7. The minimum absolute atomic E-state index is 0.158. The van der Waals surface area contributed by atoms with Gasteiger partial charge in [-0.15, -0.1) is 0 Å². The molecule has 1 aromatic heterocycles. The van der Waals surface area contributed by atoms with Crippen LogP contribution >= 0.6 is 0 Å². The Labute approximate surface area is 119 Å². The van der Waals surface area contributed by atoms with E-state index >= 15 is 0 Å². The van der Waals surface area contributed by atoms with Gasteiger partial charge in [0.1, 0.15) is 5.82 Å². The molecule has 1 unspecified atom stereocenters. The molecular weight excluding hydrogens is 253 g/mol. The van der Waals surface area contributed by atoms with Crippen LogP contribution in [0, 0.1) is 12.7 Å². The minimum Gasteiger partial charge on any atom is -0.305 e. The summed E-state index contributed by atoms with van der Waals surface area (Å²) in [6.45, 7) is 7.66. The van der Waals surface area contributed by atoms with Crippen LogP contribution in [0.4, 0.5) is 4.39 Å². The molecule has 0 spiro atoms. The second kappa shape index (κ2) is 6.66. The van der Waals surface area contributed by atoms with Gasteiger partial charge in [-0.25, -0.2) is 4.39 Å². The molecular formula is C16H22FN3. The molecule has 0 aliphatic heterocycles. The zero-order chi connectivity index (χ0) is 14.5. The molecule has 0 radical (unpaired) electrons. The molecule has 0 fully saturated rings. The molecule has 0 amide bonds. The molecule has 0 saturated heterocycles. The van der Waals surface area contributed by atoms with Crippen LogP contribution < -0.4 is 5.32 Å². The van der Waals surface area contributed by atoms with Crippen molar-refractivity contribution in [3.05, 3.63) is 53.1 Å². The number of benzene rings is 1.